The Morgan fingerprint density at radius 1 is 1.43 bits per heavy atom. The zero-order valence-corrected chi connectivity index (χ0v) is 14.6. The summed E-state index contributed by atoms with van der Waals surface area (Å²) in [6, 6.07) is 5.63. The largest absolute Gasteiger partial charge is 0.495 e. The van der Waals surface area contributed by atoms with E-state index >= 15 is 0 Å². The summed E-state index contributed by atoms with van der Waals surface area (Å²) in [7, 11) is 1.66. The van der Waals surface area contributed by atoms with E-state index in [9.17, 15) is 4.79 Å². The van der Waals surface area contributed by atoms with Gasteiger partial charge in [-0.05, 0) is 38.8 Å². The van der Waals surface area contributed by atoms with Crippen LogP contribution in [0.1, 0.15) is 46.1 Å². The first-order valence-corrected chi connectivity index (χ1v) is 8.04. The molecule has 0 aromatic heterocycles. The van der Waals surface area contributed by atoms with Crippen LogP contribution >= 0.6 is 0 Å². The Hall–Kier alpha value is -2.01. The second-order valence-electron chi connectivity index (χ2n) is 6.52. The lowest BCUT2D eigenvalue weighted by molar-refractivity contribution is -0.122. The van der Waals surface area contributed by atoms with E-state index in [1.165, 1.54) is 5.57 Å². The van der Waals surface area contributed by atoms with E-state index in [2.05, 4.69) is 50.2 Å². The summed E-state index contributed by atoms with van der Waals surface area (Å²) in [4.78, 5) is 14.6. The van der Waals surface area contributed by atoms with Crippen LogP contribution in [0.2, 0.25) is 0 Å². The molecule has 1 atom stereocenters. The third-order valence-electron chi connectivity index (χ3n) is 4.39. The van der Waals surface area contributed by atoms with Crippen LogP contribution in [-0.2, 0) is 4.79 Å². The Labute approximate surface area is 138 Å². The summed E-state index contributed by atoms with van der Waals surface area (Å²) in [5.41, 5.74) is 5.24. The molecular weight excluding hydrogens is 290 g/mol. The Morgan fingerprint density at radius 3 is 2.70 bits per heavy atom. The third-order valence-corrected chi connectivity index (χ3v) is 4.39. The number of benzene rings is 1. The number of nitrogens with two attached hydrogens (primary N) is 1. The van der Waals surface area contributed by atoms with Crippen molar-refractivity contribution in [3.63, 3.8) is 0 Å². The number of methoxy groups -OCH3 is 1. The van der Waals surface area contributed by atoms with Gasteiger partial charge in [0.05, 0.1) is 18.3 Å². The summed E-state index contributed by atoms with van der Waals surface area (Å²) in [5.74, 6) is 6.04. The maximum atomic E-state index is 12.4. The molecule has 1 amide bonds. The molecule has 1 aromatic rings. The molecule has 0 saturated carbocycles. The molecule has 0 saturated heterocycles. The van der Waals surface area contributed by atoms with Crippen molar-refractivity contribution in [1.82, 2.24) is 5.43 Å². The molecule has 5 heteroatoms. The number of rotatable bonds is 5. The quantitative estimate of drug-likeness (QED) is 0.498. The number of fused-ring (bicyclic) bond motifs is 1. The molecule has 0 aliphatic carbocycles. The fraction of sp³-hybridized carbons (Fsp3) is 0.500. The minimum Gasteiger partial charge on any atom is -0.495 e. The van der Waals surface area contributed by atoms with Gasteiger partial charge in [-0.2, -0.15) is 0 Å². The first kappa shape index (κ1) is 17.3. The second-order valence-corrected chi connectivity index (χ2v) is 6.52. The number of hydrogen-bond acceptors (Lipinski definition) is 4. The zero-order valence-electron chi connectivity index (χ0n) is 14.6. The lowest BCUT2D eigenvalue weighted by Gasteiger charge is -2.47. The van der Waals surface area contributed by atoms with Crippen LogP contribution in [-0.4, -0.2) is 24.6 Å². The van der Waals surface area contributed by atoms with E-state index < -0.39 is 0 Å². The van der Waals surface area contributed by atoms with Gasteiger partial charge in [-0.1, -0.05) is 31.6 Å². The number of allylic oxidation sites excluding steroid dienone is 1. The fourth-order valence-electron chi connectivity index (χ4n) is 3.52. The maximum Gasteiger partial charge on any atom is 0.256 e. The molecule has 0 fully saturated rings. The first-order chi connectivity index (χ1) is 10.9. The zero-order chi connectivity index (χ0) is 17.2. The standard InChI is InChI=1S/C18H27N3O2/c1-6-8-14(17(22)20-19)21-16-13(9-7-10-15(16)23-5)12(2)11-18(21,3)4/h7,9-11,14H,6,8,19H2,1-5H3,(H,20,22)/t14-/m1/s1. The Bertz CT molecular complexity index is 623. The van der Waals surface area contributed by atoms with Gasteiger partial charge in [0, 0.05) is 5.56 Å². The van der Waals surface area contributed by atoms with Crippen molar-refractivity contribution in [2.45, 2.75) is 52.1 Å². The van der Waals surface area contributed by atoms with Crippen LogP contribution in [0, 0.1) is 0 Å². The van der Waals surface area contributed by atoms with Gasteiger partial charge in [-0.3, -0.25) is 10.2 Å². The highest BCUT2D eigenvalue weighted by Gasteiger charge is 2.40. The van der Waals surface area contributed by atoms with Crippen LogP contribution in [0.5, 0.6) is 5.75 Å². The van der Waals surface area contributed by atoms with Crippen molar-refractivity contribution in [2.24, 2.45) is 5.84 Å². The summed E-state index contributed by atoms with van der Waals surface area (Å²) in [5, 5.41) is 0. The number of hydrazine groups is 1. The number of amides is 1. The molecule has 0 unspecified atom stereocenters. The minimum absolute atomic E-state index is 0.176. The first-order valence-electron chi connectivity index (χ1n) is 8.04. The highest BCUT2D eigenvalue weighted by Crippen LogP contribution is 2.45. The summed E-state index contributed by atoms with van der Waals surface area (Å²) < 4.78 is 5.59. The smallest absolute Gasteiger partial charge is 0.256 e. The number of carbonyl (C=O) groups is 1. The number of anilines is 1. The Kier molecular flexibility index (Phi) is 5.00. The van der Waals surface area contributed by atoms with Crippen molar-refractivity contribution < 1.29 is 9.53 Å². The third kappa shape index (κ3) is 3.06. The molecule has 0 spiro atoms. The van der Waals surface area contributed by atoms with E-state index in [1.54, 1.807) is 7.11 Å². The molecule has 1 aliphatic heterocycles. The van der Waals surface area contributed by atoms with Gasteiger partial charge in [0.25, 0.3) is 5.91 Å². The molecule has 0 radical (unpaired) electrons. The topological polar surface area (TPSA) is 67.6 Å². The highest BCUT2D eigenvalue weighted by molar-refractivity contribution is 5.91. The molecule has 23 heavy (non-hydrogen) atoms. The van der Waals surface area contributed by atoms with Crippen LogP contribution in [0.15, 0.2) is 24.3 Å². The SMILES string of the molecule is CCC[C@H](C(=O)NN)N1c2c(OC)cccc2C(C)=CC1(C)C. The van der Waals surface area contributed by atoms with E-state index in [0.29, 0.717) is 0 Å². The summed E-state index contributed by atoms with van der Waals surface area (Å²) >= 11 is 0. The lowest BCUT2D eigenvalue weighted by Crippen LogP contribution is -2.57. The number of nitrogens with one attached hydrogen (secondary N) is 1. The molecular formula is C18H27N3O2. The fourth-order valence-corrected chi connectivity index (χ4v) is 3.52. The number of ether oxygens (including phenoxy) is 1. The molecule has 1 aliphatic rings. The lowest BCUT2D eigenvalue weighted by atomic mass is 9.86. The number of hydrogen-bond donors (Lipinski definition) is 2. The van der Waals surface area contributed by atoms with E-state index in [1.807, 2.05) is 12.1 Å². The van der Waals surface area contributed by atoms with Gasteiger partial charge >= 0.3 is 0 Å². The normalized spacial score (nSPS) is 17.1. The van der Waals surface area contributed by atoms with Crippen LogP contribution in [0.4, 0.5) is 5.69 Å². The Morgan fingerprint density at radius 2 is 2.13 bits per heavy atom. The number of nitrogens with zero attached hydrogens (tertiary/aromatic N) is 1. The number of carbonyl (C=O) groups excluding carboxylic acids is 1. The Balaban J connectivity index is 2.68. The average Bonchev–Trinajstić information content (AvgIpc) is 2.52. The van der Waals surface area contributed by atoms with Crippen molar-refractivity contribution in [3.8, 4) is 5.75 Å². The molecule has 2 rings (SSSR count). The van der Waals surface area contributed by atoms with Gasteiger partial charge < -0.3 is 9.64 Å². The molecule has 1 heterocycles. The van der Waals surface area contributed by atoms with E-state index in [-0.39, 0.29) is 17.5 Å². The number of para-hydroxylation sites is 1. The highest BCUT2D eigenvalue weighted by atomic mass is 16.5. The average molecular weight is 317 g/mol. The molecule has 1 aromatic carbocycles. The molecule has 5 nitrogen and oxygen atoms in total. The molecule has 126 valence electrons. The van der Waals surface area contributed by atoms with E-state index in [0.717, 1.165) is 29.8 Å². The van der Waals surface area contributed by atoms with Crippen molar-refractivity contribution in [3.05, 3.63) is 29.8 Å². The van der Waals surface area contributed by atoms with Crippen LogP contribution < -0.4 is 20.9 Å². The van der Waals surface area contributed by atoms with Crippen LogP contribution in [0.3, 0.4) is 0 Å². The predicted molar refractivity (Wildman–Crippen MR) is 94.2 cm³/mol. The summed E-state index contributed by atoms with van der Waals surface area (Å²) in [6.45, 7) is 8.38. The van der Waals surface area contributed by atoms with Gasteiger partial charge in [-0.15, -0.1) is 0 Å². The van der Waals surface area contributed by atoms with Crippen LogP contribution in [0.25, 0.3) is 5.57 Å². The van der Waals surface area contributed by atoms with Gasteiger partial charge in [0.1, 0.15) is 11.8 Å². The van der Waals surface area contributed by atoms with E-state index in [4.69, 9.17) is 10.6 Å². The molecule has 3 N–H and O–H groups in total. The monoisotopic (exact) mass is 317 g/mol. The van der Waals surface area contributed by atoms with Crippen molar-refractivity contribution >= 4 is 17.2 Å². The minimum atomic E-state index is -0.348. The van der Waals surface area contributed by atoms with Crippen molar-refractivity contribution in [1.29, 1.82) is 0 Å². The molecule has 0 bridgehead atoms. The second kappa shape index (κ2) is 6.62. The maximum absolute atomic E-state index is 12.4. The van der Waals surface area contributed by atoms with Gasteiger partial charge in [0.15, 0.2) is 0 Å². The van der Waals surface area contributed by atoms with Crippen molar-refractivity contribution in [2.75, 3.05) is 12.0 Å². The van der Waals surface area contributed by atoms with Gasteiger partial charge in [-0.25, -0.2) is 5.84 Å². The summed E-state index contributed by atoms with van der Waals surface area (Å²) in [6.07, 6.45) is 3.80. The predicted octanol–water partition coefficient (Wildman–Crippen LogP) is 2.86. The van der Waals surface area contributed by atoms with Gasteiger partial charge in [0.2, 0.25) is 0 Å².